The summed E-state index contributed by atoms with van der Waals surface area (Å²) in [5, 5.41) is 3.24. The largest absolute Gasteiger partial charge is 0.377 e. The summed E-state index contributed by atoms with van der Waals surface area (Å²) in [6.45, 7) is 7.12. The highest BCUT2D eigenvalue weighted by molar-refractivity contribution is 5.44. The smallest absolute Gasteiger partial charge is 0.170 e. The van der Waals surface area contributed by atoms with Gasteiger partial charge in [-0.2, -0.15) is 0 Å². The van der Waals surface area contributed by atoms with Crippen LogP contribution in [0.15, 0.2) is 12.3 Å². The van der Waals surface area contributed by atoms with Crippen molar-refractivity contribution in [1.29, 1.82) is 0 Å². The van der Waals surface area contributed by atoms with Crippen LogP contribution in [0.1, 0.15) is 38.7 Å². The highest BCUT2D eigenvalue weighted by Gasteiger charge is 2.32. The predicted octanol–water partition coefficient (Wildman–Crippen LogP) is 2.73. The molecule has 1 aromatic rings. The Hall–Kier alpha value is -1.20. The first-order valence-electron chi connectivity index (χ1n) is 7.74. The van der Waals surface area contributed by atoms with Gasteiger partial charge in [0.1, 0.15) is 0 Å². The van der Waals surface area contributed by atoms with Gasteiger partial charge in [0.05, 0.1) is 5.60 Å². The number of nitrogens with one attached hydrogen (secondary N) is 1. The van der Waals surface area contributed by atoms with E-state index in [1.807, 2.05) is 4.90 Å². The standard InChI is InChI=1S/C16H26FN3O/c1-4-8-18-11-13-6-9-19-15(14(13)17)20-10-5-7-16(2,12-20)21-3/h6,9,18H,4-5,7-8,10-12H2,1-3H3. The number of hydrogen-bond donors (Lipinski definition) is 1. The Morgan fingerprint density at radius 2 is 2.33 bits per heavy atom. The number of pyridine rings is 1. The molecule has 2 rings (SSSR count). The zero-order valence-electron chi connectivity index (χ0n) is 13.3. The average molecular weight is 295 g/mol. The quantitative estimate of drug-likeness (QED) is 0.819. The molecular formula is C16H26FN3O. The van der Waals surface area contributed by atoms with Gasteiger partial charge in [-0.05, 0) is 38.8 Å². The van der Waals surface area contributed by atoms with Crippen molar-refractivity contribution < 1.29 is 9.13 Å². The van der Waals surface area contributed by atoms with Crippen molar-refractivity contribution in [3.8, 4) is 0 Å². The van der Waals surface area contributed by atoms with Crippen molar-refractivity contribution in [2.75, 3.05) is 31.6 Å². The van der Waals surface area contributed by atoms with Crippen LogP contribution in [0.25, 0.3) is 0 Å². The summed E-state index contributed by atoms with van der Waals surface area (Å²) < 4.78 is 20.2. The number of aromatic nitrogens is 1. The summed E-state index contributed by atoms with van der Waals surface area (Å²) in [6.07, 6.45) is 4.72. The molecule has 2 heterocycles. The first-order chi connectivity index (χ1) is 10.1. The zero-order valence-corrected chi connectivity index (χ0v) is 13.3. The molecule has 0 amide bonds. The van der Waals surface area contributed by atoms with E-state index in [4.69, 9.17) is 4.74 Å². The maximum absolute atomic E-state index is 14.7. The van der Waals surface area contributed by atoms with Gasteiger partial charge in [-0.15, -0.1) is 0 Å². The number of halogens is 1. The fraction of sp³-hybridized carbons (Fsp3) is 0.688. The molecule has 0 aliphatic carbocycles. The lowest BCUT2D eigenvalue weighted by molar-refractivity contribution is -0.00494. The molecule has 21 heavy (non-hydrogen) atoms. The lowest BCUT2D eigenvalue weighted by Crippen LogP contribution is -2.48. The molecule has 0 radical (unpaired) electrons. The number of anilines is 1. The number of piperidine rings is 1. The second-order valence-electron chi connectivity index (χ2n) is 5.96. The van der Waals surface area contributed by atoms with Crippen molar-refractivity contribution in [3.63, 3.8) is 0 Å². The number of nitrogens with zero attached hydrogens (tertiary/aromatic N) is 2. The van der Waals surface area contributed by atoms with E-state index in [1.54, 1.807) is 19.4 Å². The molecule has 4 nitrogen and oxygen atoms in total. The first-order valence-corrected chi connectivity index (χ1v) is 7.74. The van der Waals surface area contributed by atoms with Gasteiger partial charge in [0.2, 0.25) is 0 Å². The van der Waals surface area contributed by atoms with Crippen LogP contribution >= 0.6 is 0 Å². The van der Waals surface area contributed by atoms with E-state index < -0.39 is 0 Å². The van der Waals surface area contributed by atoms with Crippen LogP contribution in [0.4, 0.5) is 10.2 Å². The number of methoxy groups -OCH3 is 1. The number of rotatable bonds is 6. The van der Waals surface area contributed by atoms with Crippen LogP contribution in [0.5, 0.6) is 0 Å². The molecule has 1 aromatic heterocycles. The Labute approximate surface area is 126 Å². The second kappa shape index (κ2) is 7.18. The Kier molecular flexibility index (Phi) is 5.53. The number of ether oxygens (including phenoxy) is 1. The van der Waals surface area contributed by atoms with E-state index in [9.17, 15) is 4.39 Å². The van der Waals surface area contributed by atoms with Gasteiger partial charge in [-0.25, -0.2) is 9.37 Å². The normalized spacial score (nSPS) is 22.6. The van der Waals surface area contributed by atoms with E-state index in [-0.39, 0.29) is 11.4 Å². The third-order valence-electron chi connectivity index (χ3n) is 4.14. The van der Waals surface area contributed by atoms with Crippen LogP contribution in [0.2, 0.25) is 0 Å². The van der Waals surface area contributed by atoms with Gasteiger partial charge >= 0.3 is 0 Å². The minimum atomic E-state index is -0.219. The minimum absolute atomic E-state index is 0.207. The summed E-state index contributed by atoms with van der Waals surface area (Å²) in [4.78, 5) is 6.26. The van der Waals surface area contributed by atoms with E-state index >= 15 is 0 Å². The topological polar surface area (TPSA) is 37.4 Å². The predicted molar refractivity (Wildman–Crippen MR) is 83.1 cm³/mol. The van der Waals surface area contributed by atoms with Crippen LogP contribution in [0, 0.1) is 5.82 Å². The summed E-state index contributed by atoms with van der Waals surface area (Å²) in [5.41, 5.74) is 0.459. The summed E-state index contributed by atoms with van der Waals surface area (Å²) in [5.74, 6) is 0.246. The van der Waals surface area contributed by atoms with E-state index in [0.717, 1.165) is 32.4 Å². The Bertz CT molecular complexity index is 469. The summed E-state index contributed by atoms with van der Waals surface area (Å²) >= 11 is 0. The monoisotopic (exact) mass is 295 g/mol. The lowest BCUT2D eigenvalue weighted by Gasteiger charge is -2.40. The molecule has 1 aliphatic rings. The molecule has 1 aliphatic heterocycles. The van der Waals surface area contributed by atoms with Crippen LogP contribution in [-0.2, 0) is 11.3 Å². The maximum atomic E-state index is 14.7. The van der Waals surface area contributed by atoms with Gasteiger partial charge in [0, 0.05) is 38.5 Å². The van der Waals surface area contributed by atoms with Crippen molar-refractivity contribution in [2.45, 2.75) is 45.3 Å². The van der Waals surface area contributed by atoms with Crippen molar-refractivity contribution >= 4 is 5.82 Å². The third kappa shape index (κ3) is 3.92. The maximum Gasteiger partial charge on any atom is 0.170 e. The van der Waals surface area contributed by atoms with Crippen LogP contribution in [-0.4, -0.2) is 37.3 Å². The van der Waals surface area contributed by atoms with Gasteiger partial charge in [0.15, 0.2) is 11.6 Å². The Morgan fingerprint density at radius 1 is 1.52 bits per heavy atom. The fourth-order valence-corrected chi connectivity index (χ4v) is 2.78. The van der Waals surface area contributed by atoms with Crippen molar-refractivity contribution in [2.24, 2.45) is 0 Å². The third-order valence-corrected chi connectivity index (χ3v) is 4.14. The molecule has 1 N–H and O–H groups in total. The van der Waals surface area contributed by atoms with Crippen LogP contribution in [0.3, 0.4) is 0 Å². The highest BCUT2D eigenvalue weighted by Crippen LogP contribution is 2.29. The van der Waals surface area contributed by atoms with Gasteiger partial charge in [-0.3, -0.25) is 0 Å². The summed E-state index contributed by atoms with van der Waals surface area (Å²) in [7, 11) is 1.72. The molecule has 5 heteroatoms. The molecule has 1 atom stereocenters. The molecule has 0 saturated carbocycles. The minimum Gasteiger partial charge on any atom is -0.377 e. The summed E-state index contributed by atoms with van der Waals surface area (Å²) in [6, 6.07) is 1.75. The highest BCUT2D eigenvalue weighted by atomic mass is 19.1. The molecule has 0 aromatic carbocycles. The molecule has 1 saturated heterocycles. The molecule has 0 bridgehead atoms. The van der Waals surface area contributed by atoms with Gasteiger partial charge in [-0.1, -0.05) is 6.92 Å². The first kappa shape index (κ1) is 16.2. The van der Waals surface area contributed by atoms with E-state index in [2.05, 4.69) is 24.1 Å². The fourth-order valence-electron chi connectivity index (χ4n) is 2.78. The molecule has 118 valence electrons. The molecular weight excluding hydrogens is 269 g/mol. The van der Waals surface area contributed by atoms with E-state index in [0.29, 0.717) is 24.5 Å². The Morgan fingerprint density at radius 3 is 3.05 bits per heavy atom. The van der Waals surface area contributed by atoms with Gasteiger partial charge < -0.3 is 15.0 Å². The van der Waals surface area contributed by atoms with Gasteiger partial charge in [0.25, 0.3) is 0 Å². The lowest BCUT2D eigenvalue weighted by atomic mass is 9.94. The average Bonchev–Trinajstić information content (AvgIpc) is 2.49. The van der Waals surface area contributed by atoms with Crippen molar-refractivity contribution in [1.82, 2.24) is 10.3 Å². The second-order valence-corrected chi connectivity index (χ2v) is 5.96. The SMILES string of the molecule is CCCNCc1ccnc(N2CCCC(C)(OC)C2)c1F. The van der Waals surface area contributed by atoms with Crippen molar-refractivity contribution in [3.05, 3.63) is 23.6 Å². The van der Waals surface area contributed by atoms with E-state index in [1.165, 1.54) is 0 Å². The molecule has 1 unspecified atom stereocenters. The number of hydrogen-bond acceptors (Lipinski definition) is 4. The molecule has 1 fully saturated rings. The Balaban J connectivity index is 2.14. The molecule has 0 spiro atoms. The zero-order chi connectivity index (χ0) is 15.3. The van der Waals surface area contributed by atoms with Crippen LogP contribution < -0.4 is 10.2 Å².